The van der Waals surface area contributed by atoms with E-state index in [4.69, 9.17) is 11.5 Å². The molecule has 0 radical (unpaired) electrons. The van der Waals surface area contributed by atoms with Crippen LogP contribution in [0.15, 0.2) is 85.5 Å². The Kier molecular flexibility index (Phi) is 5.20. The van der Waals surface area contributed by atoms with Gasteiger partial charge in [0.25, 0.3) is 0 Å². The van der Waals surface area contributed by atoms with Crippen molar-refractivity contribution in [3.05, 3.63) is 91.0 Å². The number of rotatable bonds is 5. The Morgan fingerprint density at radius 1 is 0.889 bits per heavy atom. The van der Waals surface area contributed by atoms with Crippen molar-refractivity contribution in [1.82, 2.24) is 24.7 Å². The molecule has 0 saturated heterocycles. The Morgan fingerprint density at radius 3 is 2.53 bits per heavy atom. The number of pyridine rings is 1. The minimum Gasteiger partial charge on any atom is -0.339 e. The summed E-state index contributed by atoms with van der Waals surface area (Å²) in [5.41, 5.74) is 3.54. The Morgan fingerprint density at radius 2 is 1.69 bits per heavy atom. The van der Waals surface area contributed by atoms with Crippen molar-refractivity contribution >= 4 is 55.8 Å². The Hall–Kier alpha value is -5.29. The third-order valence-electron chi connectivity index (χ3n) is 5.91. The van der Waals surface area contributed by atoms with E-state index in [9.17, 15) is 4.79 Å². The van der Waals surface area contributed by atoms with Gasteiger partial charge in [0.15, 0.2) is 0 Å². The maximum Gasteiger partial charge on any atom is 0.301 e. The SMILES string of the molecule is C#CC(=O)Nc1cc2c(Nc3cc4nn(Cc5ccccc5)cc4c4ccccc34)ncnc2cn1. The molecule has 6 aromatic rings. The molecule has 0 fully saturated rings. The molecule has 0 spiro atoms. The minimum absolute atomic E-state index is 0.322. The number of carbonyl (C=O) groups is 1. The lowest BCUT2D eigenvalue weighted by atomic mass is 10.0. The molecule has 0 aliphatic carbocycles. The second-order valence-corrected chi connectivity index (χ2v) is 8.25. The molecule has 3 aromatic heterocycles. The average Bonchev–Trinajstić information content (AvgIpc) is 3.32. The van der Waals surface area contributed by atoms with Gasteiger partial charge in [-0.25, -0.2) is 15.0 Å². The van der Waals surface area contributed by atoms with E-state index in [1.54, 1.807) is 12.3 Å². The number of terminal acetylenes is 1. The van der Waals surface area contributed by atoms with Gasteiger partial charge in [-0.1, -0.05) is 54.6 Å². The number of hydrogen-bond acceptors (Lipinski definition) is 6. The summed E-state index contributed by atoms with van der Waals surface area (Å²) in [6.45, 7) is 0.683. The van der Waals surface area contributed by atoms with Gasteiger partial charge in [-0.05, 0) is 29.0 Å². The van der Waals surface area contributed by atoms with Crippen LogP contribution in [0.25, 0.3) is 32.6 Å². The van der Waals surface area contributed by atoms with Crippen molar-refractivity contribution in [3.63, 3.8) is 0 Å². The fourth-order valence-electron chi connectivity index (χ4n) is 4.28. The molecule has 36 heavy (non-hydrogen) atoms. The topological polar surface area (TPSA) is 97.6 Å². The van der Waals surface area contributed by atoms with Gasteiger partial charge in [-0.2, -0.15) is 5.10 Å². The monoisotopic (exact) mass is 469 g/mol. The van der Waals surface area contributed by atoms with Crippen LogP contribution in [0.5, 0.6) is 0 Å². The zero-order valence-corrected chi connectivity index (χ0v) is 19.0. The zero-order valence-electron chi connectivity index (χ0n) is 19.0. The summed E-state index contributed by atoms with van der Waals surface area (Å²) in [5, 5.41) is 14.8. The Balaban J connectivity index is 1.44. The van der Waals surface area contributed by atoms with Crippen molar-refractivity contribution in [2.45, 2.75) is 6.54 Å². The summed E-state index contributed by atoms with van der Waals surface area (Å²) in [5.74, 6) is 2.35. The molecule has 3 aromatic carbocycles. The van der Waals surface area contributed by atoms with E-state index >= 15 is 0 Å². The molecule has 8 heteroatoms. The highest BCUT2D eigenvalue weighted by Crippen LogP contribution is 2.34. The van der Waals surface area contributed by atoms with Crippen LogP contribution >= 0.6 is 0 Å². The van der Waals surface area contributed by atoms with Crippen LogP contribution in [0.1, 0.15) is 5.56 Å². The highest BCUT2D eigenvalue weighted by molar-refractivity contribution is 6.13. The van der Waals surface area contributed by atoms with E-state index in [0.717, 1.165) is 27.4 Å². The van der Waals surface area contributed by atoms with Gasteiger partial charge >= 0.3 is 5.91 Å². The lowest BCUT2D eigenvalue weighted by Crippen LogP contribution is -2.09. The van der Waals surface area contributed by atoms with Crippen LogP contribution < -0.4 is 10.6 Å². The van der Waals surface area contributed by atoms with Gasteiger partial charge in [0.05, 0.1) is 23.8 Å². The Bertz CT molecular complexity index is 1800. The largest absolute Gasteiger partial charge is 0.339 e. The number of carbonyl (C=O) groups excluding carboxylic acids is 1. The summed E-state index contributed by atoms with van der Waals surface area (Å²) < 4.78 is 1.96. The van der Waals surface area contributed by atoms with Gasteiger partial charge in [-0.15, -0.1) is 6.42 Å². The summed E-state index contributed by atoms with van der Waals surface area (Å²) in [4.78, 5) is 24.6. The van der Waals surface area contributed by atoms with E-state index in [-0.39, 0.29) is 0 Å². The fraction of sp³-hybridized carbons (Fsp3) is 0.0357. The van der Waals surface area contributed by atoms with Gasteiger partial charge in [0.1, 0.15) is 18.0 Å². The van der Waals surface area contributed by atoms with E-state index in [1.165, 1.54) is 11.9 Å². The number of fused-ring (bicyclic) bond motifs is 4. The van der Waals surface area contributed by atoms with Crippen molar-refractivity contribution in [1.29, 1.82) is 0 Å². The molecule has 0 aliphatic heterocycles. The number of hydrogen-bond donors (Lipinski definition) is 2. The van der Waals surface area contributed by atoms with Crippen LogP contribution in [0, 0.1) is 12.3 Å². The number of nitrogens with zero attached hydrogens (tertiary/aromatic N) is 5. The highest BCUT2D eigenvalue weighted by atomic mass is 16.1. The zero-order chi connectivity index (χ0) is 24.5. The minimum atomic E-state index is -0.573. The van der Waals surface area contributed by atoms with Gasteiger partial charge in [0.2, 0.25) is 0 Å². The normalized spacial score (nSPS) is 11.0. The van der Waals surface area contributed by atoms with Crippen LogP contribution in [-0.2, 0) is 11.3 Å². The molecule has 1 amide bonds. The fourth-order valence-corrected chi connectivity index (χ4v) is 4.28. The molecule has 6 rings (SSSR count). The third kappa shape index (κ3) is 3.95. The molecule has 0 unspecified atom stereocenters. The molecule has 0 aliphatic rings. The van der Waals surface area contributed by atoms with Crippen molar-refractivity contribution in [3.8, 4) is 12.3 Å². The molecular weight excluding hydrogens is 450 g/mol. The second kappa shape index (κ2) is 8.81. The molecule has 0 atom stereocenters. The van der Waals surface area contributed by atoms with Gasteiger partial charge in [0, 0.05) is 28.0 Å². The van der Waals surface area contributed by atoms with Crippen molar-refractivity contribution in [2.24, 2.45) is 0 Å². The summed E-state index contributed by atoms with van der Waals surface area (Å²) in [6.07, 6.45) is 10.3. The average molecular weight is 470 g/mol. The van der Waals surface area contributed by atoms with E-state index in [0.29, 0.717) is 29.1 Å². The maximum absolute atomic E-state index is 11.6. The summed E-state index contributed by atoms with van der Waals surface area (Å²) in [7, 11) is 0. The smallest absolute Gasteiger partial charge is 0.301 e. The van der Waals surface area contributed by atoms with Gasteiger partial charge < -0.3 is 5.32 Å². The number of anilines is 3. The maximum atomic E-state index is 11.6. The van der Waals surface area contributed by atoms with Crippen LogP contribution in [0.3, 0.4) is 0 Å². The molecule has 8 nitrogen and oxygen atoms in total. The van der Waals surface area contributed by atoms with Gasteiger partial charge in [-0.3, -0.25) is 14.8 Å². The number of amides is 1. The lowest BCUT2D eigenvalue weighted by Gasteiger charge is -2.12. The molecular formula is C28H19N7O. The first-order chi connectivity index (χ1) is 17.7. The lowest BCUT2D eigenvalue weighted by molar-refractivity contribution is -0.111. The quantitative estimate of drug-likeness (QED) is 0.349. The number of nitrogens with one attached hydrogen (secondary N) is 2. The Labute approximate surface area is 206 Å². The number of aromatic nitrogens is 5. The molecule has 0 saturated carbocycles. The predicted octanol–water partition coefficient (Wildman–Crippen LogP) is 4.89. The van der Waals surface area contributed by atoms with E-state index in [1.807, 2.05) is 47.0 Å². The first kappa shape index (κ1) is 21.3. The predicted molar refractivity (Wildman–Crippen MR) is 141 cm³/mol. The molecule has 3 heterocycles. The van der Waals surface area contributed by atoms with E-state index in [2.05, 4.69) is 56.0 Å². The number of benzene rings is 3. The highest BCUT2D eigenvalue weighted by Gasteiger charge is 2.13. The second-order valence-electron chi connectivity index (χ2n) is 8.25. The van der Waals surface area contributed by atoms with Crippen LogP contribution in [0.4, 0.5) is 17.3 Å². The summed E-state index contributed by atoms with van der Waals surface area (Å²) in [6, 6.07) is 22.1. The molecule has 2 N–H and O–H groups in total. The molecule has 172 valence electrons. The van der Waals surface area contributed by atoms with Crippen molar-refractivity contribution < 1.29 is 4.79 Å². The van der Waals surface area contributed by atoms with E-state index < -0.39 is 5.91 Å². The first-order valence-electron chi connectivity index (χ1n) is 11.3. The third-order valence-corrected chi connectivity index (χ3v) is 5.91. The van der Waals surface area contributed by atoms with Crippen molar-refractivity contribution in [2.75, 3.05) is 10.6 Å². The molecule has 0 bridgehead atoms. The van der Waals surface area contributed by atoms with Crippen LogP contribution in [0.2, 0.25) is 0 Å². The van der Waals surface area contributed by atoms with Crippen LogP contribution in [-0.4, -0.2) is 30.6 Å². The summed E-state index contributed by atoms with van der Waals surface area (Å²) >= 11 is 0. The standard InChI is InChI=1S/C28H19N7O/c1-2-27(36)33-26-12-21-25(14-29-26)30-17-31-28(21)32-23-13-24-22(19-10-6-7-11-20(19)23)16-35(34-24)15-18-8-4-3-5-9-18/h1,3-14,16-17H,15H2,(H,29,33,36)(H,30,31,32). The first-order valence-corrected chi connectivity index (χ1v) is 11.3.